The zero-order valence-electron chi connectivity index (χ0n) is 15.8. The Labute approximate surface area is 149 Å². The molecule has 0 aromatic carbocycles. The normalized spacial score (nSPS) is 17.1. The maximum Gasteiger partial charge on any atom is 0.345 e. The van der Waals surface area contributed by atoms with Crippen LogP contribution in [-0.4, -0.2) is 36.7 Å². The van der Waals surface area contributed by atoms with E-state index in [0.717, 1.165) is 32.1 Å². The van der Waals surface area contributed by atoms with Crippen LogP contribution in [0.15, 0.2) is 12.2 Å². The maximum atomic E-state index is 12.0. The van der Waals surface area contributed by atoms with Crippen LogP contribution in [0.4, 0.5) is 0 Å². The van der Waals surface area contributed by atoms with Gasteiger partial charge in [-0.15, -0.1) is 0 Å². The quantitative estimate of drug-likeness (QED) is 0.378. The van der Waals surface area contributed by atoms with Crippen molar-refractivity contribution in [3.8, 4) is 0 Å². The molecule has 0 spiro atoms. The molecule has 0 heterocycles. The molecular formula is C19H30O6. The molecule has 0 saturated heterocycles. The van der Waals surface area contributed by atoms with Gasteiger partial charge in [-0.1, -0.05) is 19.4 Å². The summed E-state index contributed by atoms with van der Waals surface area (Å²) in [5.41, 5.74) is -1.24. The van der Waals surface area contributed by atoms with Gasteiger partial charge >= 0.3 is 17.9 Å². The molecule has 0 amide bonds. The van der Waals surface area contributed by atoms with Crippen LogP contribution in [0, 0.1) is 5.41 Å². The lowest BCUT2D eigenvalue weighted by atomic mass is 9.84. The molecule has 1 fully saturated rings. The number of allylic oxidation sites excluding steroid dienone is 1. The Bertz CT molecular complexity index is 500. The Hall–Kier alpha value is -1.85. The van der Waals surface area contributed by atoms with Crippen molar-refractivity contribution in [3.63, 3.8) is 0 Å². The van der Waals surface area contributed by atoms with Crippen molar-refractivity contribution in [2.45, 2.75) is 71.8 Å². The van der Waals surface area contributed by atoms with Gasteiger partial charge in [-0.3, -0.25) is 4.79 Å². The van der Waals surface area contributed by atoms with E-state index < -0.39 is 42.1 Å². The Morgan fingerprint density at radius 1 is 1.00 bits per heavy atom. The fourth-order valence-corrected chi connectivity index (χ4v) is 2.66. The summed E-state index contributed by atoms with van der Waals surface area (Å²) in [6.07, 6.45) is 9.06. The van der Waals surface area contributed by atoms with E-state index in [-0.39, 0.29) is 0 Å². The average molecular weight is 354 g/mol. The highest BCUT2D eigenvalue weighted by Gasteiger charge is 2.33. The van der Waals surface area contributed by atoms with E-state index in [9.17, 15) is 14.4 Å². The number of hydrogen-bond donors (Lipinski definition) is 0. The maximum absolute atomic E-state index is 12.0. The first-order valence-corrected chi connectivity index (χ1v) is 8.93. The highest BCUT2D eigenvalue weighted by atomic mass is 16.6. The summed E-state index contributed by atoms with van der Waals surface area (Å²) in [7, 11) is 0. The van der Waals surface area contributed by atoms with Crippen molar-refractivity contribution >= 4 is 17.9 Å². The van der Waals surface area contributed by atoms with Crippen LogP contribution in [0.2, 0.25) is 0 Å². The Kier molecular flexibility index (Phi) is 8.13. The summed E-state index contributed by atoms with van der Waals surface area (Å²) in [4.78, 5) is 35.4. The standard InChI is InChI=1S/C19H30O6/c1-5-10-19(11-8-7-9-12-19)25-16(21)14-23-15(20)13-24-17(22)18(3,4)6-2/h5,10H,6-9,11-14H2,1-4H3/b10-5+. The molecule has 6 nitrogen and oxygen atoms in total. The lowest BCUT2D eigenvalue weighted by Crippen LogP contribution is -2.37. The summed E-state index contributed by atoms with van der Waals surface area (Å²) in [5.74, 6) is -1.82. The number of carbonyl (C=O) groups excluding carboxylic acids is 3. The summed E-state index contributed by atoms with van der Waals surface area (Å²) >= 11 is 0. The van der Waals surface area contributed by atoms with E-state index in [2.05, 4.69) is 0 Å². The Morgan fingerprint density at radius 2 is 1.60 bits per heavy atom. The molecule has 0 bridgehead atoms. The Balaban J connectivity index is 2.40. The molecule has 1 aliphatic carbocycles. The van der Waals surface area contributed by atoms with E-state index in [4.69, 9.17) is 14.2 Å². The van der Waals surface area contributed by atoms with Crippen LogP contribution >= 0.6 is 0 Å². The first-order valence-electron chi connectivity index (χ1n) is 8.93. The van der Waals surface area contributed by atoms with Crippen molar-refractivity contribution in [2.24, 2.45) is 5.41 Å². The number of esters is 3. The average Bonchev–Trinajstić information content (AvgIpc) is 2.58. The molecule has 0 N–H and O–H groups in total. The molecular weight excluding hydrogens is 324 g/mol. The van der Waals surface area contributed by atoms with Crippen LogP contribution in [0.1, 0.15) is 66.2 Å². The van der Waals surface area contributed by atoms with Crippen LogP contribution < -0.4 is 0 Å². The van der Waals surface area contributed by atoms with Gasteiger partial charge in [0, 0.05) is 0 Å². The smallest absolute Gasteiger partial charge is 0.345 e. The lowest BCUT2D eigenvalue weighted by Gasteiger charge is -2.34. The molecule has 25 heavy (non-hydrogen) atoms. The zero-order chi connectivity index (χ0) is 18.9. The summed E-state index contributed by atoms with van der Waals surface area (Å²) < 4.78 is 15.3. The molecule has 0 aliphatic heterocycles. The molecule has 0 atom stereocenters. The van der Waals surface area contributed by atoms with E-state index in [1.54, 1.807) is 13.8 Å². The lowest BCUT2D eigenvalue weighted by molar-refractivity contribution is -0.173. The van der Waals surface area contributed by atoms with Gasteiger partial charge in [0.25, 0.3) is 0 Å². The Morgan fingerprint density at radius 3 is 2.16 bits per heavy atom. The van der Waals surface area contributed by atoms with Gasteiger partial charge in [-0.05, 0) is 59.0 Å². The second kappa shape index (κ2) is 9.59. The molecule has 0 radical (unpaired) electrons. The first-order chi connectivity index (χ1) is 11.7. The van der Waals surface area contributed by atoms with Gasteiger partial charge in [0.2, 0.25) is 0 Å². The van der Waals surface area contributed by atoms with Crippen LogP contribution in [0.25, 0.3) is 0 Å². The molecule has 1 aliphatic rings. The fraction of sp³-hybridized carbons (Fsp3) is 0.737. The summed E-state index contributed by atoms with van der Waals surface area (Å²) in [6.45, 7) is 6.24. The highest BCUT2D eigenvalue weighted by molar-refractivity contribution is 5.81. The van der Waals surface area contributed by atoms with Crippen LogP contribution in [0.3, 0.4) is 0 Å². The third-order valence-corrected chi connectivity index (χ3v) is 4.60. The number of ether oxygens (including phenoxy) is 3. The van der Waals surface area contributed by atoms with Gasteiger partial charge in [0.1, 0.15) is 5.60 Å². The number of hydrogen-bond acceptors (Lipinski definition) is 6. The largest absolute Gasteiger partial charge is 0.453 e. The van der Waals surface area contributed by atoms with Gasteiger partial charge in [-0.2, -0.15) is 0 Å². The second-order valence-corrected chi connectivity index (χ2v) is 7.07. The molecule has 0 aromatic rings. The monoisotopic (exact) mass is 354 g/mol. The van der Waals surface area contributed by atoms with Crippen molar-refractivity contribution in [2.75, 3.05) is 13.2 Å². The number of rotatable bonds is 8. The molecule has 0 unspecified atom stereocenters. The minimum Gasteiger partial charge on any atom is -0.453 e. The fourth-order valence-electron chi connectivity index (χ4n) is 2.66. The third-order valence-electron chi connectivity index (χ3n) is 4.60. The highest BCUT2D eigenvalue weighted by Crippen LogP contribution is 2.33. The SMILES string of the molecule is C/C=C/C1(OC(=O)COC(=O)COC(=O)C(C)(C)CC)CCCCC1. The molecule has 0 aromatic heterocycles. The van der Waals surface area contributed by atoms with Crippen LogP contribution in [0.5, 0.6) is 0 Å². The van der Waals surface area contributed by atoms with Crippen molar-refractivity contribution in [1.82, 2.24) is 0 Å². The van der Waals surface area contributed by atoms with Gasteiger partial charge in [-0.25, -0.2) is 9.59 Å². The predicted molar refractivity (Wildman–Crippen MR) is 92.7 cm³/mol. The topological polar surface area (TPSA) is 78.9 Å². The zero-order valence-corrected chi connectivity index (χ0v) is 15.8. The minimum absolute atomic E-state index is 0.469. The van der Waals surface area contributed by atoms with Crippen LogP contribution in [-0.2, 0) is 28.6 Å². The van der Waals surface area contributed by atoms with E-state index in [1.807, 2.05) is 26.0 Å². The summed E-state index contributed by atoms with van der Waals surface area (Å²) in [6, 6.07) is 0. The molecule has 142 valence electrons. The number of carbonyl (C=O) groups is 3. The molecule has 1 saturated carbocycles. The van der Waals surface area contributed by atoms with Crippen molar-refractivity contribution in [1.29, 1.82) is 0 Å². The van der Waals surface area contributed by atoms with Gasteiger partial charge in [0.05, 0.1) is 5.41 Å². The molecule has 6 heteroatoms. The van der Waals surface area contributed by atoms with E-state index in [0.29, 0.717) is 6.42 Å². The second-order valence-electron chi connectivity index (χ2n) is 7.07. The first kappa shape index (κ1) is 21.2. The van der Waals surface area contributed by atoms with Crippen molar-refractivity contribution in [3.05, 3.63) is 12.2 Å². The van der Waals surface area contributed by atoms with Gasteiger partial charge in [0.15, 0.2) is 13.2 Å². The molecule has 1 rings (SSSR count). The third kappa shape index (κ3) is 6.88. The van der Waals surface area contributed by atoms with E-state index >= 15 is 0 Å². The minimum atomic E-state index is -0.763. The summed E-state index contributed by atoms with van der Waals surface area (Å²) in [5, 5.41) is 0. The van der Waals surface area contributed by atoms with Crippen molar-refractivity contribution < 1.29 is 28.6 Å². The predicted octanol–water partition coefficient (Wildman–Crippen LogP) is 3.33. The van der Waals surface area contributed by atoms with Gasteiger partial charge < -0.3 is 14.2 Å². The van der Waals surface area contributed by atoms with E-state index in [1.165, 1.54) is 0 Å².